The molecule has 10 heteroatoms. The molecule has 0 bridgehead atoms. The molecule has 0 spiro atoms. The van der Waals surface area contributed by atoms with Crippen molar-refractivity contribution >= 4 is 39.3 Å². The van der Waals surface area contributed by atoms with Gasteiger partial charge in [0, 0.05) is 16.8 Å². The van der Waals surface area contributed by atoms with Crippen molar-refractivity contribution in [1.82, 2.24) is 9.78 Å². The molecule has 0 saturated heterocycles. The van der Waals surface area contributed by atoms with E-state index >= 15 is 0 Å². The topological polar surface area (TPSA) is 46.9 Å². The van der Waals surface area contributed by atoms with E-state index in [1.807, 2.05) is 0 Å². The van der Waals surface area contributed by atoms with Crippen molar-refractivity contribution in [1.29, 1.82) is 0 Å². The van der Waals surface area contributed by atoms with Gasteiger partial charge in [0.2, 0.25) is 0 Å². The number of nitrogens with zero attached hydrogens (tertiary/aromatic N) is 2. The minimum absolute atomic E-state index is 0.105. The second kappa shape index (κ2) is 6.25. The van der Waals surface area contributed by atoms with Crippen molar-refractivity contribution in [2.75, 3.05) is 5.32 Å². The fraction of sp³-hybridized carbons (Fsp3) is 0.167. The highest BCUT2D eigenvalue weighted by Gasteiger charge is 2.39. The van der Waals surface area contributed by atoms with Crippen LogP contribution in [0.5, 0.6) is 0 Å². The van der Waals surface area contributed by atoms with Crippen molar-refractivity contribution < 1.29 is 22.4 Å². The molecule has 0 aliphatic rings. The smallest absolute Gasteiger partial charge is 0.300 e. The summed E-state index contributed by atoms with van der Waals surface area (Å²) in [5.74, 6) is -3.04. The molecule has 22 heavy (non-hydrogen) atoms. The van der Waals surface area contributed by atoms with Gasteiger partial charge in [0.25, 0.3) is 0 Å². The van der Waals surface area contributed by atoms with E-state index < -0.39 is 17.9 Å². The van der Waals surface area contributed by atoms with Crippen LogP contribution >= 0.6 is 27.5 Å². The Morgan fingerprint density at radius 1 is 1.41 bits per heavy atom. The maximum atomic E-state index is 13.7. The lowest BCUT2D eigenvalue weighted by Crippen LogP contribution is -2.30. The molecule has 0 unspecified atom stereocenters. The third-order valence-electron chi connectivity index (χ3n) is 2.59. The van der Waals surface area contributed by atoms with Crippen LogP contribution in [0.25, 0.3) is 0 Å². The predicted octanol–water partition coefficient (Wildman–Crippen LogP) is 3.99. The zero-order chi connectivity index (χ0) is 16.5. The first-order valence-electron chi connectivity index (χ1n) is 5.72. The Labute approximate surface area is 135 Å². The number of alkyl halides is 3. The first-order valence-corrected chi connectivity index (χ1v) is 6.89. The van der Waals surface area contributed by atoms with Crippen LogP contribution in [0.3, 0.4) is 0 Å². The number of anilines is 1. The summed E-state index contributed by atoms with van der Waals surface area (Å²) < 4.78 is 51.5. The van der Waals surface area contributed by atoms with Crippen LogP contribution in [0.1, 0.15) is 5.56 Å². The molecule has 0 aliphatic heterocycles. The molecule has 0 saturated carbocycles. The molecule has 1 aromatic carbocycles. The number of hydrogen-bond acceptors (Lipinski definition) is 2. The largest absolute Gasteiger partial charge is 0.471 e. The molecule has 2 rings (SSSR count). The van der Waals surface area contributed by atoms with Crippen LogP contribution in [0.15, 0.2) is 28.9 Å². The fourth-order valence-corrected chi connectivity index (χ4v) is 2.22. The number of aromatic nitrogens is 2. The number of carbonyl (C=O) groups excluding carboxylic acids is 1. The van der Waals surface area contributed by atoms with E-state index in [2.05, 4.69) is 21.0 Å². The lowest BCUT2D eigenvalue weighted by molar-refractivity contribution is -0.167. The highest BCUT2D eigenvalue weighted by Crippen LogP contribution is 2.25. The van der Waals surface area contributed by atoms with Crippen LogP contribution in [-0.4, -0.2) is 21.9 Å². The van der Waals surface area contributed by atoms with Gasteiger partial charge in [-0.3, -0.25) is 9.48 Å². The van der Waals surface area contributed by atoms with Gasteiger partial charge in [0.15, 0.2) is 5.82 Å². The number of rotatable bonds is 3. The molecular weight excluding hydrogens is 394 g/mol. The molecule has 1 aromatic heterocycles. The number of halogens is 6. The average Bonchev–Trinajstić information content (AvgIpc) is 2.73. The van der Waals surface area contributed by atoms with E-state index in [-0.39, 0.29) is 27.4 Å². The quantitative estimate of drug-likeness (QED) is 0.792. The third kappa shape index (κ3) is 3.77. The zero-order valence-corrected chi connectivity index (χ0v) is 12.9. The minimum Gasteiger partial charge on any atom is -0.300 e. The molecule has 0 radical (unpaired) electrons. The van der Waals surface area contributed by atoms with Crippen LogP contribution in [0, 0.1) is 5.82 Å². The third-order valence-corrected chi connectivity index (χ3v) is 3.52. The number of hydrogen-bond donors (Lipinski definition) is 1. The first kappa shape index (κ1) is 16.8. The van der Waals surface area contributed by atoms with Crippen LogP contribution in [-0.2, 0) is 11.3 Å². The Balaban J connectivity index is 2.22. The van der Waals surface area contributed by atoms with Crippen molar-refractivity contribution in [2.45, 2.75) is 12.7 Å². The predicted molar refractivity (Wildman–Crippen MR) is 75.1 cm³/mol. The van der Waals surface area contributed by atoms with Crippen LogP contribution in [0.2, 0.25) is 5.02 Å². The molecule has 1 amide bonds. The number of benzene rings is 1. The second-order valence-electron chi connectivity index (χ2n) is 4.18. The highest BCUT2D eigenvalue weighted by atomic mass is 79.9. The summed E-state index contributed by atoms with van der Waals surface area (Å²) in [6.45, 7) is -0.105. The van der Waals surface area contributed by atoms with E-state index in [4.69, 9.17) is 11.6 Å². The maximum absolute atomic E-state index is 13.7. The van der Waals surface area contributed by atoms with E-state index in [0.717, 1.165) is 4.68 Å². The Hall–Kier alpha value is -1.61. The van der Waals surface area contributed by atoms with Crippen LogP contribution < -0.4 is 5.32 Å². The van der Waals surface area contributed by atoms with Crippen molar-refractivity contribution in [3.05, 3.63) is 45.3 Å². The molecule has 2 aromatic rings. The summed E-state index contributed by atoms with van der Waals surface area (Å²) in [5, 5.41) is 5.53. The summed E-state index contributed by atoms with van der Waals surface area (Å²) >= 11 is 8.83. The van der Waals surface area contributed by atoms with E-state index in [9.17, 15) is 22.4 Å². The summed E-state index contributed by atoms with van der Waals surface area (Å²) in [6, 6.07) is 4.10. The van der Waals surface area contributed by atoms with Gasteiger partial charge in [0.1, 0.15) is 5.82 Å². The van der Waals surface area contributed by atoms with E-state index in [0.29, 0.717) is 0 Å². The molecule has 1 N–H and O–H groups in total. The van der Waals surface area contributed by atoms with Gasteiger partial charge in [-0.1, -0.05) is 17.7 Å². The van der Waals surface area contributed by atoms with E-state index in [1.54, 1.807) is 5.32 Å². The fourth-order valence-electron chi connectivity index (χ4n) is 1.59. The minimum atomic E-state index is -5.03. The second-order valence-corrected chi connectivity index (χ2v) is 5.44. The summed E-state index contributed by atoms with van der Waals surface area (Å²) in [6.07, 6.45) is -3.73. The van der Waals surface area contributed by atoms with Gasteiger partial charge in [-0.05, 0) is 28.1 Å². The summed E-state index contributed by atoms with van der Waals surface area (Å²) in [5.41, 5.74) is 0.132. The van der Waals surface area contributed by atoms with Crippen molar-refractivity contribution in [2.24, 2.45) is 0 Å². The van der Waals surface area contributed by atoms with Gasteiger partial charge >= 0.3 is 12.1 Å². The monoisotopic (exact) mass is 399 g/mol. The molecule has 0 aliphatic carbocycles. The molecular formula is C12H7BrClF4N3O. The van der Waals surface area contributed by atoms with Crippen LogP contribution in [0.4, 0.5) is 23.4 Å². The standard InChI is InChI=1S/C12H7BrClF4N3O/c13-7-5-21(4-6-8(14)2-1-3-9(6)15)20-10(7)19-11(22)12(16,17)18/h1-3,5H,4H2,(H,19,20,22). The van der Waals surface area contributed by atoms with Gasteiger partial charge in [-0.15, -0.1) is 0 Å². The van der Waals surface area contributed by atoms with Crippen molar-refractivity contribution in [3.63, 3.8) is 0 Å². The summed E-state index contributed by atoms with van der Waals surface area (Å²) in [7, 11) is 0. The van der Waals surface area contributed by atoms with Gasteiger partial charge in [0.05, 0.1) is 11.0 Å². The van der Waals surface area contributed by atoms with Gasteiger partial charge in [-0.25, -0.2) is 4.39 Å². The summed E-state index contributed by atoms with van der Waals surface area (Å²) in [4.78, 5) is 10.9. The molecule has 4 nitrogen and oxygen atoms in total. The first-order chi connectivity index (χ1) is 10.2. The number of amides is 1. The van der Waals surface area contributed by atoms with Crippen molar-refractivity contribution in [3.8, 4) is 0 Å². The number of nitrogens with one attached hydrogen (secondary N) is 1. The normalized spacial score (nSPS) is 11.5. The lowest BCUT2D eigenvalue weighted by atomic mass is 10.2. The van der Waals surface area contributed by atoms with E-state index in [1.165, 1.54) is 24.4 Å². The Morgan fingerprint density at radius 3 is 2.68 bits per heavy atom. The Bertz CT molecular complexity index is 697. The van der Waals surface area contributed by atoms with Gasteiger partial charge < -0.3 is 5.32 Å². The molecule has 0 atom stereocenters. The lowest BCUT2D eigenvalue weighted by Gasteiger charge is -2.07. The molecule has 1 heterocycles. The molecule has 0 fully saturated rings. The molecule has 118 valence electrons. The Morgan fingerprint density at radius 2 is 2.09 bits per heavy atom. The average molecular weight is 401 g/mol. The highest BCUT2D eigenvalue weighted by molar-refractivity contribution is 9.10. The zero-order valence-electron chi connectivity index (χ0n) is 10.6. The number of carbonyl (C=O) groups is 1. The Kier molecular flexibility index (Phi) is 4.76. The maximum Gasteiger partial charge on any atom is 0.471 e. The SMILES string of the molecule is O=C(Nc1nn(Cc2c(F)cccc2Cl)cc1Br)C(F)(F)F. The van der Waals surface area contributed by atoms with Gasteiger partial charge in [-0.2, -0.15) is 18.3 Å².